The molecule has 0 aliphatic heterocycles. The number of carbonyl (C=O) groups is 1. The van der Waals surface area contributed by atoms with Gasteiger partial charge in [0.25, 0.3) is 11.5 Å². The Morgan fingerprint density at radius 3 is 2.92 bits per heavy atom. The van der Waals surface area contributed by atoms with E-state index < -0.39 is 0 Å². The number of hydrogen-bond acceptors (Lipinski definition) is 4. The predicted molar refractivity (Wildman–Crippen MR) is 96.4 cm³/mol. The highest BCUT2D eigenvalue weighted by atomic mass is 16.1. The van der Waals surface area contributed by atoms with E-state index in [1.165, 1.54) is 28.1 Å². The van der Waals surface area contributed by atoms with Crippen molar-refractivity contribution in [3.05, 3.63) is 75.0 Å². The molecule has 1 aliphatic rings. The highest BCUT2D eigenvalue weighted by molar-refractivity contribution is 5.95. The van der Waals surface area contributed by atoms with Gasteiger partial charge in [-0.15, -0.1) is 0 Å². The van der Waals surface area contributed by atoms with Crippen molar-refractivity contribution in [3.8, 4) is 5.95 Å². The van der Waals surface area contributed by atoms with E-state index in [0.29, 0.717) is 22.9 Å². The first kappa shape index (κ1) is 16.3. The van der Waals surface area contributed by atoms with Crippen molar-refractivity contribution in [2.24, 2.45) is 0 Å². The highest BCUT2D eigenvalue weighted by Crippen LogP contribution is 2.31. The van der Waals surface area contributed by atoms with Gasteiger partial charge >= 0.3 is 0 Å². The Morgan fingerprint density at radius 2 is 2.12 bits per heavy atom. The number of nitrogens with one attached hydrogen (secondary N) is 2. The van der Waals surface area contributed by atoms with Crippen molar-refractivity contribution >= 4 is 5.91 Å². The minimum atomic E-state index is -0.254. The molecule has 0 spiro atoms. The van der Waals surface area contributed by atoms with E-state index in [2.05, 4.69) is 32.5 Å². The van der Waals surface area contributed by atoms with E-state index in [1.54, 1.807) is 13.8 Å². The molecule has 1 aromatic carbocycles. The topological polar surface area (TPSA) is 92.7 Å². The number of nitrogens with zero attached hydrogens (tertiary/aromatic N) is 3. The normalized spacial score (nSPS) is 15.7. The molecule has 0 saturated heterocycles. The Balaban J connectivity index is 1.60. The molecule has 2 aromatic heterocycles. The monoisotopic (exact) mass is 349 g/mol. The van der Waals surface area contributed by atoms with E-state index in [1.807, 2.05) is 12.1 Å². The first-order chi connectivity index (χ1) is 12.5. The van der Waals surface area contributed by atoms with Crippen LogP contribution < -0.4 is 10.9 Å². The molecule has 7 nitrogen and oxygen atoms in total. The van der Waals surface area contributed by atoms with Crippen LogP contribution in [0.3, 0.4) is 0 Å². The second kappa shape index (κ2) is 6.25. The summed E-state index contributed by atoms with van der Waals surface area (Å²) in [5.74, 6) is 0.128. The van der Waals surface area contributed by atoms with Gasteiger partial charge in [0.05, 0.1) is 23.5 Å². The minimum absolute atomic E-state index is 0.0124. The van der Waals surface area contributed by atoms with Crippen LogP contribution in [-0.2, 0) is 6.42 Å². The van der Waals surface area contributed by atoms with E-state index in [9.17, 15) is 9.59 Å². The lowest BCUT2D eigenvalue weighted by atomic mass is 10.1. The van der Waals surface area contributed by atoms with E-state index >= 15 is 0 Å². The van der Waals surface area contributed by atoms with Crippen LogP contribution in [0.1, 0.15) is 45.3 Å². The summed E-state index contributed by atoms with van der Waals surface area (Å²) in [6, 6.07) is 9.60. The van der Waals surface area contributed by atoms with Gasteiger partial charge < -0.3 is 5.32 Å². The fraction of sp³-hybridized carbons (Fsp3) is 0.263. The second-order valence-electron chi connectivity index (χ2n) is 6.53. The van der Waals surface area contributed by atoms with Gasteiger partial charge in [-0.3, -0.25) is 14.6 Å². The fourth-order valence-electron chi connectivity index (χ4n) is 3.45. The van der Waals surface area contributed by atoms with E-state index in [0.717, 1.165) is 12.8 Å². The third kappa shape index (κ3) is 2.81. The summed E-state index contributed by atoms with van der Waals surface area (Å²) in [6.45, 7) is 3.52. The van der Waals surface area contributed by atoms with Crippen LogP contribution in [0, 0.1) is 13.8 Å². The molecule has 7 heteroatoms. The van der Waals surface area contributed by atoms with Crippen molar-refractivity contribution in [2.45, 2.75) is 32.7 Å². The van der Waals surface area contributed by atoms with Crippen LogP contribution in [0.4, 0.5) is 0 Å². The number of H-pyrrole nitrogens is 1. The quantitative estimate of drug-likeness (QED) is 0.756. The number of aromatic amines is 1. The van der Waals surface area contributed by atoms with Gasteiger partial charge in [0.1, 0.15) is 0 Å². The lowest BCUT2D eigenvalue weighted by molar-refractivity contribution is 0.0936. The van der Waals surface area contributed by atoms with Gasteiger partial charge in [-0.25, -0.2) is 9.67 Å². The van der Waals surface area contributed by atoms with Gasteiger partial charge in [0.15, 0.2) is 0 Å². The smallest absolute Gasteiger partial charge is 0.255 e. The first-order valence-electron chi connectivity index (χ1n) is 8.54. The standard InChI is InChI=1S/C19H19N5O2/c1-11-9-17(25)23-19(21-11)24-12(2)15(10-20-24)18(26)22-16-8-7-13-5-3-4-6-14(13)16/h3-6,9-10,16H,7-8H2,1-2H3,(H,22,26)(H,21,23,25). The Morgan fingerprint density at radius 1 is 1.31 bits per heavy atom. The largest absolute Gasteiger partial charge is 0.345 e. The van der Waals surface area contributed by atoms with Gasteiger partial charge in [-0.2, -0.15) is 5.10 Å². The van der Waals surface area contributed by atoms with Gasteiger partial charge in [0.2, 0.25) is 5.95 Å². The lowest BCUT2D eigenvalue weighted by Crippen LogP contribution is -2.27. The summed E-state index contributed by atoms with van der Waals surface area (Å²) in [7, 11) is 0. The molecule has 0 radical (unpaired) electrons. The maximum atomic E-state index is 12.8. The number of rotatable bonds is 3. The molecule has 3 aromatic rings. The minimum Gasteiger partial charge on any atom is -0.345 e. The molecule has 132 valence electrons. The lowest BCUT2D eigenvalue weighted by Gasteiger charge is -2.14. The van der Waals surface area contributed by atoms with Crippen molar-refractivity contribution in [2.75, 3.05) is 0 Å². The highest BCUT2D eigenvalue weighted by Gasteiger charge is 2.25. The number of amides is 1. The number of hydrogen-bond donors (Lipinski definition) is 2. The van der Waals surface area contributed by atoms with Crippen LogP contribution in [0.5, 0.6) is 0 Å². The molecule has 1 atom stereocenters. The maximum absolute atomic E-state index is 12.8. The SMILES string of the molecule is Cc1cc(=O)[nH]c(-n2ncc(C(=O)NC3CCc4ccccc43)c2C)n1. The molecule has 26 heavy (non-hydrogen) atoms. The maximum Gasteiger partial charge on any atom is 0.255 e. The number of fused-ring (bicyclic) bond motifs is 1. The van der Waals surface area contributed by atoms with Crippen LogP contribution in [0.15, 0.2) is 41.3 Å². The summed E-state index contributed by atoms with van der Waals surface area (Å²) >= 11 is 0. The predicted octanol–water partition coefficient (Wildman–Crippen LogP) is 1.99. The second-order valence-corrected chi connectivity index (χ2v) is 6.53. The Hall–Kier alpha value is -3.22. The average molecular weight is 349 g/mol. The fourth-order valence-corrected chi connectivity index (χ4v) is 3.45. The van der Waals surface area contributed by atoms with Crippen LogP contribution >= 0.6 is 0 Å². The molecular formula is C19H19N5O2. The number of carbonyl (C=O) groups excluding carboxylic acids is 1. The summed E-state index contributed by atoms with van der Waals surface area (Å²) in [5.41, 5.74) is 3.89. The van der Waals surface area contributed by atoms with Gasteiger partial charge in [-0.1, -0.05) is 24.3 Å². The molecule has 0 fully saturated rings. The van der Waals surface area contributed by atoms with Crippen molar-refractivity contribution < 1.29 is 4.79 Å². The third-order valence-electron chi connectivity index (χ3n) is 4.75. The summed E-state index contributed by atoms with van der Waals surface area (Å²) < 4.78 is 1.48. The molecule has 1 amide bonds. The Bertz CT molecular complexity index is 1050. The van der Waals surface area contributed by atoms with Gasteiger partial charge in [0, 0.05) is 11.8 Å². The zero-order valence-corrected chi connectivity index (χ0v) is 14.6. The first-order valence-corrected chi connectivity index (χ1v) is 8.54. The third-order valence-corrected chi connectivity index (χ3v) is 4.75. The van der Waals surface area contributed by atoms with Crippen molar-refractivity contribution in [3.63, 3.8) is 0 Å². The number of benzene rings is 1. The van der Waals surface area contributed by atoms with Crippen molar-refractivity contribution in [1.82, 2.24) is 25.1 Å². The van der Waals surface area contributed by atoms with Crippen LogP contribution in [0.25, 0.3) is 5.95 Å². The Kier molecular flexibility index (Phi) is 3.91. The molecule has 4 rings (SSSR count). The van der Waals surface area contributed by atoms with Crippen molar-refractivity contribution in [1.29, 1.82) is 0 Å². The summed E-state index contributed by atoms with van der Waals surface area (Å²) in [4.78, 5) is 31.4. The summed E-state index contributed by atoms with van der Waals surface area (Å²) in [6.07, 6.45) is 3.37. The summed E-state index contributed by atoms with van der Waals surface area (Å²) in [5, 5.41) is 7.33. The average Bonchev–Trinajstić information content (AvgIpc) is 3.18. The number of aryl methyl sites for hydroxylation is 2. The molecule has 0 bridgehead atoms. The Labute approximate surface area is 150 Å². The van der Waals surface area contributed by atoms with Crippen LogP contribution in [0.2, 0.25) is 0 Å². The zero-order valence-electron chi connectivity index (χ0n) is 14.6. The molecule has 2 heterocycles. The van der Waals surface area contributed by atoms with E-state index in [4.69, 9.17) is 0 Å². The zero-order chi connectivity index (χ0) is 18.3. The van der Waals surface area contributed by atoms with Crippen LogP contribution in [-0.4, -0.2) is 25.7 Å². The van der Waals surface area contributed by atoms with Gasteiger partial charge in [-0.05, 0) is 37.8 Å². The molecule has 1 aliphatic carbocycles. The molecule has 0 saturated carbocycles. The van der Waals surface area contributed by atoms with E-state index in [-0.39, 0.29) is 17.5 Å². The number of aromatic nitrogens is 4. The molecular weight excluding hydrogens is 330 g/mol. The molecule has 1 unspecified atom stereocenters. The molecule has 2 N–H and O–H groups in total.